The summed E-state index contributed by atoms with van der Waals surface area (Å²) in [6.45, 7) is 2.77. The van der Waals surface area contributed by atoms with E-state index in [0.29, 0.717) is 25.9 Å². The van der Waals surface area contributed by atoms with Gasteiger partial charge in [-0.2, -0.15) is 0 Å². The van der Waals surface area contributed by atoms with Crippen molar-refractivity contribution in [1.82, 2.24) is 4.90 Å². The summed E-state index contributed by atoms with van der Waals surface area (Å²) in [6, 6.07) is 14.3. The third-order valence-electron chi connectivity index (χ3n) is 4.82. The minimum absolute atomic E-state index is 0.0881. The molecule has 0 radical (unpaired) electrons. The number of hydrogen-bond acceptors (Lipinski definition) is 5. The summed E-state index contributed by atoms with van der Waals surface area (Å²) in [7, 11) is 1.63. The molecule has 0 bridgehead atoms. The SMILES string of the molecule is COc1cccc(CCC(=O)N2CCN(c3ccc([N+](=O)[O-])cc3)CC2)c1. The molecule has 0 aliphatic carbocycles. The predicted molar refractivity (Wildman–Crippen MR) is 103 cm³/mol. The van der Waals surface area contributed by atoms with Gasteiger partial charge in [-0.25, -0.2) is 0 Å². The van der Waals surface area contributed by atoms with Crippen LogP contribution >= 0.6 is 0 Å². The van der Waals surface area contributed by atoms with Crippen LogP contribution in [0.15, 0.2) is 48.5 Å². The zero-order chi connectivity index (χ0) is 19.2. The van der Waals surface area contributed by atoms with Gasteiger partial charge in [0, 0.05) is 50.4 Å². The first kappa shape index (κ1) is 18.7. The maximum Gasteiger partial charge on any atom is 0.269 e. The number of non-ortho nitro benzene ring substituents is 1. The Bertz CT molecular complexity index is 799. The van der Waals surface area contributed by atoms with Gasteiger partial charge in [0.05, 0.1) is 12.0 Å². The minimum Gasteiger partial charge on any atom is -0.497 e. The monoisotopic (exact) mass is 369 g/mol. The van der Waals surface area contributed by atoms with E-state index >= 15 is 0 Å². The number of anilines is 1. The zero-order valence-electron chi connectivity index (χ0n) is 15.3. The van der Waals surface area contributed by atoms with Crippen LogP contribution in [0.1, 0.15) is 12.0 Å². The molecule has 7 heteroatoms. The average Bonchev–Trinajstić information content (AvgIpc) is 2.72. The molecule has 1 fully saturated rings. The van der Waals surface area contributed by atoms with Crippen molar-refractivity contribution in [2.24, 2.45) is 0 Å². The summed E-state index contributed by atoms with van der Waals surface area (Å²) in [5, 5.41) is 10.7. The van der Waals surface area contributed by atoms with Gasteiger partial charge in [0.2, 0.25) is 5.91 Å². The van der Waals surface area contributed by atoms with Gasteiger partial charge in [0.1, 0.15) is 5.75 Å². The quantitative estimate of drug-likeness (QED) is 0.578. The van der Waals surface area contributed by atoms with Crippen LogP contribution < -0.4 is 9.64 Å². The molecule has 27 heavy (non-hydrogen) atoms. The van der Waals surface area contributed by atoms with Gasteiger partial charge in [-0.05, 0) is 36.2 Å². The van der Waals surface area contributed by atoms with E-state index in [1.54, 1.807) is 19.2 Å². The van der Waals surface area contributed by atoms with Gasteiger partial charge in [-0.3, -0.25) is 14.9 Å². The topological polar surface area (TPSA) is 75.9 Å². The highest BCUT2D eigenvalue weighted by Crippen LogP contribution is 2.21. The molecular weight excluding hydrogens is 346 g/mol. The van der Waals surface area contributed by atoms with Crippen molar-refractivity contribution in [3.8, 4) is 5.75 Å². The van der Waals surface area contributed by atoms with Crippen molar-refractivity contribution in [2.45, 2.75) is 12.8 Å². The lowest BCUT2D eigenvalue weighted by molar-refractivity contribution is -0.384. The molecule has 2 aromatic carbocycles. The number of ether oxygens (including phenoxy) is 1. The van der Waals surface area contributed by atoms with Crippen LogP contribution in [-0.4, -0.2) is 49.0 Å². The first-order valence-electron chi connectivity index (χ1n) is 8.97. The Labute approximate surface area is 158 Å². The lowest BCUT2D eigenvalue weighted by Crippen LogP contribution is -2.48. The Hall–Kier alpha value is -3.09. The molecule has 0 atom stereocenters. The standard InChI is InChI=1S/C20H23N3O4/c1-27-19-4-2-3-16(15-19)5-10-20(24)22-13-11-21(12-14-22)17-6-8-18(9-7-17)23(25)26/h2-4,6-9,15H,5,10-14H2,1H3. The van der Waals surface area contributed by atoms with E-state index in [-0.39, 0.29) is 11.6 Å². The highest BCUT2D eigenvalue weighted by molar-refractivity contribution is 5.76. The lowest BCUT2D eigenvalue weighted by Gasteiger charge is -2.36. The fourth-order valence-corrected chi connectivity index (χ4v) is 3.24. The molecule has 2 aromatic rings. The Morgan fingerprint density at radius 3 is 2.44 bits per heavy atom. The largest absolute Gasteiger partial charge is 0.497 e. The molecule has 0 unspecified atom stereocenters. The summed E-state index contributed by atoms with van der Waals surface area (Å²) in [6.07, 6.45) is 1.17. The first-order valence-corrected chi connectivity index (χ1v) is 8.97. The van der Waals surface area contributed by atoms with E-state index in [1.165, 1.54) is 12.1 Å². The van der Waals surface area contributed by atoms with Crippen molar-refractivity contribution >= 4 is 17.3 Å². The number of piperazine rings is 1. The number of nitro benzene ring substituents is 1. The summed E-state index contributed by atoms with van der Waals surface area (Å²) in [5.74, 6) is 0.956. The van der Waals surface area contributed by atoms with E-state index < -0.39 is 4.92 Å². The highest BCUT2D eigenvalue weighted by atomic mass is 16.6. The smallest absolute Gasteiger partial charge is 0.269 e. The number of amides is 1. The Balaban J connectivity index is 1.49. The minimum atomic E-state index is -0.400. The van der Waals surface area contributed by atoms with E-state index in [4.69, 9.17) is 4.74 Å². The molecule has 0 spiro atoms. The molecule has 1 aliphatic rings. The Kier molecular flexibility index (Phi) is 5.90. The maximum atomic E-state index is 12.5. The van der Waals surface area contributed by atoms with Crippen LogP contribution in [0.3, 0.4) is 0 Å². The first-order chi connectivity index (χ1) is 13.1. The second-order valence-corrected chi connectivity index (χ2v) is 6.49. The molecule has 3 rings (SSSR count). The van der Waals surface area contributed by atoms with Crippen molar-refractivity contribution in [3.05, 3.63) is 64.2 Å². The summed E-state index contributed by atoms with van der Waals surface area (Å²) in [4.78, 5) is 26.9. The van der Waals surface area contributed by atoms with Gasteiger partial charge in [0.25, 0.3) is 5.69 Å². The Morgan fingerprint density at radius 1 is 1.11 bits per heavy atom. The van der Waals surface area contributed by atoms with Gasteiger partial charge < -0.3 is 14.5 Å². The molecule has 7 nitrogen and oxygen atoms in total. The molecule has 1 heterocycles. The van der Waals surface area contributed by atoms with E-state index in [1.807, 2.05) is 29.2 Å². The van der Waals surface area contributed by atoms with Gasteiger partial charge in [-0.15, -0.1) is 0 Å². The summed E-state index contributed by atoms with van der Waals surface area (Å²) >= 11 is 0. The van der Waals surface area contributed by atoms with Crippen molar-refractivity contribution < 1.29 is 14.5 Å². The number of hydrogen-bond donors (Lipinski definition) is 0. The third kappa shape index (κ3) is 4.75. The van der Waals surface area contributed by atoms with E-state index in [9.17, 15) is 14.9 Å². The fourth-order valence-electron chi connectivity index (χ4n) is 3.24. The number of nitrogens with zero attached hydrogens (tertiary/aromatic N) is 3. The summed E-state index contributed by atoms with van der Waals surface area (Å²) in [5.41, 5.74) is 2.13. The molecule has 1 saturated heterocycles. The number of rotatable bonds is 6. The number of nitro groups is 1. The van der Waals surface area contributed by atoms with Gasteiger partial charge in [-0.1, -0.05) is 12.1 Å². The number of carbonyl (C=O) groups is 1. The predicted octanol–water partition coefficient (Wildman–Crippen LogP) is 2.88. The molecule has 1 aliphatic heterocycles. The van der Waals surface area contributed by atoms with Crippen molar-refractivity contribution in [2.75, 3.05) is 38.2 Å². The molecule has 0 aromatic heterocycles. The van der Waals surface area contributed by atoms with Crippen molar-refractivity contribution in [1.29, 1.82) is 0 Å². The van der Waals surface area contributed by atoms with Crippen LogP contribution in [0.5, 0.6) is 5.75 Å². The highest BCUT2D eigenvalue weighted by Gasteiger charge is 2.21. The van der Waals surface area contributed by atoms with Crippen LogP contribution in [-0.2, 0) is 11.2 Å². The molecule has 1 amide bonds. The van der Waals surface area contributed by atoms with Crippen LogP contribution in [0, 0.1) is 10.1 Å². The zero-order valence-corrected chi connectivity index (χ0v) is 15.3. The Morgan fingerprint density at radius 2 is 1.81 bits per heavy atom. The summed E-state index contributed by atoms with van der Waals surface area (Å²) < 4.78 is 5.21. The van der Waals surface area contributed by atoms with Gasteiger partial charge in [0.15, 0.2) is 0 Å². The van der Waals surface area contributed by atoms with Crippen LogP contribution in [0.4, 0.5) is 11.4 Å². The molecule has 142 valence electrons. The maximum absolute atomic E-state index is 12.5. The number of aryl methyl sites for hydroxylation is 1. The van der Waals surface area contributed by atoms with Crippen LogP contribution in [0.25, 0.3) is 0 Å². The van der Waals surface area contributed by atoms with Gasteiger partial charge >= 0.3 is 0 Å². The molecule has 0 saturated carbocycles. The number of carbonyl (C=O) groups excluding carboxylic acids is 1. The van der Waals surface area contributed by atoms with E-state index in [2.05, 4.69) is 4.90 Å². The second kappa shape index (κ2) is 8.53. The van der Waals surface area contributed by atoms with E-state index in [0.717, 1.165) is 30.1 Å². The number of benzene rings is 2. The number of methoxy groups -OCH3 is 1. The van der Waals surface area contributed by atoms with Crippen molar-refractivity contribution in [3.63, 3.8) is 0 Å². The normalized spacial score (nSPS) is 14.1. The lowest BCUT2D eigenvalue weighted by atomic mass is 10.1. The molecule has 0 N–H and O–H groups in total. The average molecular weight is 369 g/mol. The molecular formula is C20H23N3O4. The second-order valence-electron chi connectivity index (χ2n) is 6.49. The van der Waals surface area contributed by atoms with Crippen LogP contribution in [0.2, 0.25) is 0 Å². The third-order valence-corrected chi connectivity index (χ3v) is 4.82. The fraction of sp³-hybridized carbons (Fsp3) is 0.350.